The van der Waals surface area contributed by atoms with Crippen LogP contribution >= 0.6 is 0 Å². The number of nitrogens with zero attached hydrogens (tertiary/aromatic N) is 2. The van der Waals surface area contributed by atoms with Crippen LogP contribution in [0.4, 0.5) is 0 Å². The fourth-order valence-corrected chi connectivity index (χ4v) is 1.07. The number of carbonyl (C=O) groups is 1. The first-order valence-corrected chi connectivity index (χ1v) is 4.42. The van der Waals surface area contributed by atoms with Gasteiger partial charge in [0.15, 0.2) is 0 Å². The molecule has 15 heavy (non-hydrogen) atoms. The van der Waals surface area contributed by atoms with Crippen LogP contribution < -0.4 is 0 Å². The highest BCUT2D eigenvalue weighted by Gasteiger charge is 2.09. The summed E-state index contributed by atoms with van der Waals surface area (Å²) in [5.74, 6) is -0.450. The lowest BCUT2D eigenvalue weighted by atomic mass is 10.4. The van der Waals surface area contributed by atoms with E-state index in [1.807, 2.05) is 12.1 Å². The Bertz CT molecular complexity index is 425. The van der Waals surface area contributed by atoms with Crippen molar-refractivity contribution in [1.29, 1.82) is 0 Å². The summed E-state index contributed by atoms with van der Waals surface area (Å²) in [6, 6.07) is 5.31. The number of nitrogens with one attached hydrogen (secondary N) is 1. The van der Waals surface area contributed by atoms with Gasteiger partial charge in [0.25, 0.3) is 0 Å². The fourth-order valence-electron chi connectivity index (χ4n) is 1.07. The molecule has 2 aromatic rings. The third kappa shape index (κ3) is 2.40. The van der Waals surface area contributed by atoms with Gasteiger partial charge < -0.3 is 9.72 Å². The van der Waals surface area contributed by atoms with E-state index in [2.05, 4.69) is 15.0 Å². The van der Waals surface area contributed by atoms with E-state index in [4.69, 9.17) is 4.74 Å². The number of aromatic amines is 1. The zero-order valence-electron chi connectivity index (χ0n) is 7.88. The highest BCUT2D eigenvalue weighted by Crippen LogP contribution is 1.99. The number of carbonyl (C=O) groups excluding carboxylic acids is 1. The predicted octanol–water partition coefficient (Wildman–Crippen LogP) is 1.16. The van der Waals surface area contributed by atoms with Crippen LogP contribution in [-0.2, 0) is 11.3 Å². The van der Waals surface area contributed by atoms with Gasteiger partial charge in [-0.2, -0.15) is 0 Å². The third-order valence-corrected chi connectivity index (χ3v) is 1.77. The van der Waals surface area contributed by atoms with Crippen LogP contribution in [0.2, 0.25) is 0 Å². The second-order valence-corrected chi connectivity index (χ2v) is 2.84. The fraction of sp³-hybridized carbons (Fsp3) is 0.100. The summed E-state index contributed by atoms with van der Waals surface area (Å²) in [5, 5.41) is 0. The smallest absolute Gasteiger partial charge is 0.376 e. The lowest BCUT2D eigenvalue weighted by Gasteiger charge is -2.01. The SMILES string of the molecule is O=C(OCc1ccc[nH]1)c1ncccn1. The molecule has 0 aliphatic carbocycles. The molecule has 0 amide bonds. The number of H-pyrrole nitrogens is 1. The Morgan fingerprint density at radius 3 is 2.80 bits per heavy atom. The molecule has 0 radical (unpaired) electrons. The van der Waals surface area contributed by atoms with Crippen LogP contribution in [0.1, 0.15) is 16.3 Å². The molecular formula is C10H9N3O2. The Morgan fingerprint density at radius 2 is 2.13 bits per heavy atom. The lowest BCUT2D eigenvalue weighted by molar-refractivity contribution is 0.0453. The van der Waals surface area contributed by atoms with Gasteiger partial charge in [0.05, 0.1) is 5.69 Å². The number of ether oxygens (including phenoxy) is 1. The molecule has 0 aliphatic heterocycles. The average Bonchev–Trinajstić information content (AvgIpc) is 2.80. The second kappa shape index (κ2) is 4.36. The van der Waals surface area contributed by atoms with Crippen LogP contribution in [-0.4, -0.2) is 20.9 Å². The Balaban J connectivity index is 1.94. The van der Waals surface area contributed by atoms with Crippen molar-refractivity contribution in [2.24, 2.45) is 0 Å². The molecular weight excluding hydrogens is 194 g/mol. The first-order valence-electron chi connectivity index (χ1n) is 4.42. The van der Waals surface area contributed by atoms with Crippen molar-refractivity contribution in [3.8, 4) is 0 Å². The van der Waals surface area contributed by atoms with Crippen LogP contribution in [0.5, 0.6) is 0 Å². The van der Waals surface area contributed by atoms with Crippen LogP contribution in [0.15, 0.2) is 36.8 Å². The van der Waals surface area contributed by atoms with Gasteiger partial charge in [-0.3, -0.25) is 0 Å². The summed E-state index contributed by atoms with van der Waals surface area (Å²) >= 11 is 0. The molecule has 2 aromatic heterocycles. The summed E-state index contributed by atoms with van der Waals surface area (Å²) in [7, 11) is 0. The Labute approximate surface area is 86.1 Å². The monoisotopic (exact) mass is 203 g/mol. The standard InChI is InChI=1S/C10H9N3O2/c14-10(9-12-5-2-6-13-9)15-7-8-3-1-4-11-8/h1-6,11H,7H2. The van der Waals surface area contributed by atoms with Crippen molar-refractivity contribution in [1.82, 2.24) is 15.0 Å². The normalized spacial score (nSPS) is 9.87. The van der Waals surface area contributed by atoms with E-state index in [1.54, 1.807) is 12.3 Å². The lowest BCUT2D eigenvalue weighted by Crippen LogP contribution is -2.09. The number of hydrogen-bond donors (Lipinski definition) is 1. The molecule has 0 aliphatic rings. The van der Waals surface area contributed by atoms with Crippen LogP contribution in [0.3, 0.4) is 0 Å². The van der Waals surface area contributed by atoms with Crippen molar-refractivity contribution < 1.29 is 9.53 Å². The van der Waals surface area contributed by atoms with E-state index in [1.165, 1.54) is 12.4 Å². The van der Waals surface area contributed by atoms with Gasteiger partial charge in [-0.05, 0) is 18.2 Å². The van der Waals surface area contributed by atoms with Gasteiger partial charge in [0.2, 0.25) is 5.82 Å². The summed E-state index contributed by atoms with van der Waals surface area (Å²) in [6.45, 7) is 0.198. The van der Waals surface area contributed by atoms with Crippen molar-refractivity contribution in [2.45, 2.75) is 6.61 Å². The number of aromatic nitrogens is 3. The summed E-state index contributed by atoms with van der Waals surface area (Å²) in [4.78, 5) is 21.9. The van der Waals surface area contributed by atoms with Crippen LogP contribution in [0.25, 0.3) is 0 Å². The largest absolute Gasteiger partial charge is 0.453 e. The maximum atomic E-state index is 11.4. The molecule has 0 saturated heterocycles. The minimum absolute atomic E-state index is 0.0732. The van der Waals surface area contributed by atoms with Crippen molar-refractivity contribution in [3.63, 3.8) is 0 Å². The van der Waals surface area contributed by atoms with Gasteiger partial charge in [-0.25, -0.2) is 14.8 Å². The van der Waals surface area contributed by atoms with E-state index < -0.39 is 5.97 Å². The molecule has 0 aromatic carbocycles. The van der Waals surface area contributed by atoms with Crippen molar-refractivity contribution >= 4 is 5.97 Å². The summed E-state index contributed by atoms with van der Waals surface area (Å²) in [5.41, 5.74) is 0.833. The molecule has 0 unspecified atom stereocenters. The maximum absolute atomic E-state index is 11.4. The minimum Gasteiger partial charge on any atom is -0.453 e. The van der Waals surface area contributed by atoms with E-state index in [0.29, 0.717) is 0 Å². The zero-order valence-corrected chi connectivity index (χ0v) is 7.88. The molecule has 0 bridgehead atoms. The Morgan fingerprint density at radius 1 is 1.33 bits per heavy atom. The summed E-state index contributed by atoms with van der Waals surface area (Å²) < 4.78 is 4.98. The van der Waals surface area contributed by atoms with Gasteiger partial charge in [0.1, 0.15) is 6.61 Å². The zero-order chi connectivity index (χ0) is 10.5. The summed E-state index contributed by atoms with van der Waals surface area (Å²) in [6.07, 6.45) is 4.76. The topological polar surface area (TPSA) is 67.9 Å². The van der Waals surface area contributed by atoms with Gasteiger partial charge in [-0.15, -0.1) is 0 Å². The highest BCUT2D eigenvalue weighted by atomic mass is 16.5. The van der Waals surface area contributed by atoms with Crippen molar-refractivity contribution in [2.75, 3.05) is 0 Å². The number of rotatable bonds is 3. The quantitative estimate of drug-likeness (QED) is 0.760. The van der Waals surface area contributed by atoms with Gasteiger partial charge in [0, 0.05) is 18.6 Å². The first kappa shape index (κ1) is 9.39. The molecule has 0 fully saturated rings. The Hall–Kier alpha value is -2.17. The molecule has 0 saturated carbocycles. The van der Waals surface area contributed by atoms with Gasteiger partial charge >= 0.3 is 5.97 Å². The number of hydrogen-bond acceptors (Lipinski definition) is 4. The first-order chi connectivity index (χ1) is 7.36. The molecule has 2 rings (SSSR count). The Kier molecular flexibility index (Phi) is 2.73. The average molecular weight is 203 g/mol. The second-order valence-electron chi connectivity index (χ2n) is 2.84. The molecule has 5 heteroatoms. The highest BCUT2D eigenvalue weighted by molar-refractivity contribution is 5.84. The van der Waals surface area contributed by atoms with E-state index in [0.717, 1.165) is 5.69 Å². The van der Waals surface area contributed by atoms with Crippen molar-refractivity contribution in [3.05, 3.63) is 48.3 Å². The van der Waals surface area contributed by atoms with E-state index in [-0.39, 0.29) is 12.4 Å². The molecule has 2 heterocycles. The molecule has 0 spiro atoms. The van der Waals surface area contributed by atoms with Crippen LogP contribution in [0, 0.1) is 0 Å². The molecule has 5 nitrogen and oxygen atoms in total. The molecule has 1 N–H and O–H groups in total. The molecule has 0 atom stereocenters. The number of esters is 1. The van der Waals surface area contributed by atoms with Gasteiger partial charge in [-0.1, -0.05) is 0 Å². The predicted molar refractivity (Wildman–Crippen MR) is 51.9 cm³/mol. The molecule has 76 valence electrons. The van der Waals surface area contributed by atoms with E-state index in [9.17, 15) is 4.79 Å². The third-order valence-electron chi connectivity index (χ3n) is 1.77. The minimum atomic E-state index is -0.523. The van der Waals surface area contributed by atoms with E-state index >= 15 is 0 Å². The maximum Gasteiger partial charge on any atom is 0.376 e.